The Hall–Kier alpha value is -2.40. The van der Waals surface area contributed by atoms with E-state index in [0.29, 0.717) is 22.7 Å². The third kappa shape index (κ3) is 3.00. The number of benzene rings is 2. The molecule has 0 aromatic heterocycles. The minimum absolute atomic E-state index is 0.0818. The van der Waals surface area contributed by atoms with Crippen molar-refractivity contribution in [1.29, 1.82) is 0 Å². The number of anilines is 1. The molecule has 3 rings (SSSR count). The van der Waals surface area contributed by atoms with Crippen LogP contribution in [0.4, 0.5) is 10.1 Å². The Kier molecular flexibility index (Phi) is 4.77. The van der Waals surface area contributed by atoms with E-state index >= 15 is 0 Å². The summed E-state index contributed by atoms with van der Waals surface area (Å²) in [4.78, 5) is 25.3. The molecule has 0 saturated carbocycles. The van der Waals surface area contributed by atoms with Gasteiger partial charge in [0.25, 0.3) is 0 Å². The fourth-order valence-electron chi connectivity index (χ4n) is 3.30. The van der Waals surface area contributed by atoms with Crippen LogP contribution in [0, 0.1) is 5.82 Å². The molecule has 0 fully saturated rings. The first-order valence-corrected chi connectivity index (χ1v) is 8.32. The van der Waals surface area contributed by atoms with E-state index in [2.05, 4.69) is 5.32 Å². The number of carbonyl (C=O) groups is 2. The second kappa shape index (κ2) is 6.84. The van der Waals surface area contributed by atoms with Gasteiger partial charge in [0, 0.05) is 16.8 Å². The van der Waals surface area contributed by atoms with Crippen LogP contribution in [0.1, 0.15) is 45.5 Å². The van der Waals surface area contributed by atoms with Crippen LogP contribution in [-0.2, 0) is 4.74 Å². The van der Waals surface area contributed by atoms with Gasteiger partial charge in [-0.05, 0) is 30.2 Å². The zero-order chi connectivity index (χ0) is 18.1. The van der Waals surface area contributed by atoms with E-state index in [1.807, 2.05) is 13.0 Å². The quantitative estimate of drug-likeness (QED) is 0.821. The molecule has 1 N–H and O–H groups in total. The van der Waals surface area contributed by atoms with Crippen molar-refractivity contribution >= 4 is 29.0 Å². The summed E-state index contributed by atoms with van der Waals surface area (Å²) in [6, 6.07) is 9.11. The predicted octanol–water partition coefficient (Wildman–Crippen LogP) is 4.44. The van der Waals surface area contributed by atoms with Gasteiger partial charge in [-0.2, -0.15) is 0 Å². The molecule has 2 atom stereocenters. The van der Waals surface area contributed by atoms with Crippen molar-refractivity contribution in [3.05, 3.63) is 63.9 Å². The zero-order valence-electron chi connectivity index (χ0n) is 13.8. The van der Waals surface area contributed by atoms with Crippen molar-refractivity contribution in [3.63, 3.8) is 0 Å². The van der Waals surface area contributed by atoms with E-state index in [1.165, 1.54) is 13.2 Å². The Morgan fingerprint density at radius 1 is 1.32 bits per heavy atom. The van der Waals surface area contributed by atoms with Gasteiger partial charge >= 0.3 is 5.97 Å². The molecular weight excluding hydrogens is 345 g/mol. The molecule has 130 valence electrons. The summed E-state index contributed by atoms with van der Waals surface area (Å²) in [6.07, 6.45) is 0.630. The van der Waals surface area contributed by atoms with Gasteiger partial charge in [0.2, 0.25) is 0 Å². The van der Waals surface area contributed by atoms with Gasteiger partial charge in [-0.15, -0.1) is 0 Å². The van der Waals surface area contributed by atoms with Gasteiger partial charge in [0.05, 0.1) is 24.2 Å². The fraction of sp³-hybridized carbons (Fsp3) is 0.263. The Morgan fingerprint density at radius 2 is 2.04 bits per heavy atom. The number of halogens is 2. The third-order valence-corrected chi connectivity index (χ3v) is 4.80. The first-order valence-electron chi connectivity index (χ1n) is 7.95. The summed E-state index contributed by atoms with van der Waals surface area (Å²) < 4.78 is 18.6. The molecule has 2 aromatic rings. The van der Waals surface area contributed by atoms with Crippen LogP contribution in [0.5, 0.6) is 0 Å². The van der Waals surface area contributed by atoms with Gasteiger partial charge in [-0.25, -0.2) is 9.18 Å². The highest BCUT2D eigenvalue weighted by Gasteiger charge is 2.39. The molecule has 0 aliphatic carbocycles. The molecule has 2 aromatic carbocycles. The Morgan fingerprint density at radius 3 is 2.68 bits per heavy atom. The number of nitrogens with one attached hydrogen (secondary N) is 1. The van der Waals surface area contributed by atoms with Gasteiger partial charge in [0.1, 0.15) is 5.82 Å². The number of ketones is 1. The second-order valence-electron chi connectivity index (χ2n) is 5.89. The summed E-state index contributed by atoms with van der Waals surface area (Å²) in [5, 5.41) is 3.66. The maximum atomic E-state index is 13.9. The van der Waals surface area contributed by atoms with E-state index in [9.17, 15) is 14.0 Å². The van der Waals surface area contributed by atoms with Gasteiger partial charge in [-0.3, -0.25) is 4.79 Å². The van der Waals surface area contributed by atoms with Crippen molar-refractivity contribution in [2.45, 2.75) is 25.3 Å². The largest absolute Gasteiger partial charge is 0.465 e. The van der Waals surface area contributed by atoms with E-state index in [-0.39, 0.29) is 23.0 Å². The lowest BCUT2D eigenvalue weighted by molar-refractivity contribution is 0.0595. The average Bonchev–Trinajstić information content (AvgIpc) is 2.60. The molecule has 25 heavy (non-hydrogen) atoms. The highest BCUT2D eigenvalue weighted by Crippen LogP contribution is 2.40. The van der Waals surface area contributed by atoms with Crippen molar-refractivity contribution in [1.82, 2.24) is 0 Å². The number of rotatable bonds is 3. The summed E-state index contributed by atoms with van der Waals surface area (Å²) in [5.74, 6) is -2.20. The number of Topliss-reactive ketones (excluding diaryl/α,β-unsaturated/α-hetero) is 1. The molecule has 2 unspecified atom stereocenters. The lowest BCUT2D eigenvalue weighted by Crippen LogP contribution is -2.38. The molecule has 0 spiro atoms. The van der Waals surface area contributed by atoms with Crippen LogP contribution in [0.15, 0.2) is 36.4 Å². The first kappa shape index (κ1) is 17.4. The highest BCUT2D eigenvalue weighted by molar-refractivity contribution is 6.32. The molecule has 0 bridgehead atoms. The standard InChI is InChI=1S/C19H17ClFNO3/c1-3-14-16(11-6-4-5-7-13(11)20)18(23)17-12(19(24)25-2)8-10(21)9-15(17)22-14/h4-9,14,16,22H,3H2,1-2H3. The smallest absolute Gasteiger partial charge is 0.338 e. The molecule has 1 aliphatic heterocycles. The lowest BCUT2D eigenvalue weighted by atomic mass is 9.78. The van der Waals surface area contributed by atoms with Crippen LogP contribution in [0.2, 0.25) is 5.02 Å². The van der Waals surface area contributed by atoms with Gasteiger partial charge in [-0.1, -0.05) is 36.7 Å². The number of hydrogen-bond acceptors (Lipinski definition) is 4. The first-order chi connectivity index (χ1) is 12.0. The summed E-state index contributed by atoms with van der Waals surface area (Å²) >= 11 is 6.30. The molecule has 0 amide bonds. The van der Waals surface area contributed by atoms with Gasteiger partial charge < -0.3 is 10.1 Å². The lowest BCUT2D eigenvalue weighted by Gasteiger charge is -2.34. The summed E-state index contributed by atoms with van der Waals surface area (Å²) in [7, 11) is 1.20. The zero-order valence-corrected chi connectivity index (χ0v) is 14.6. The minimum Gasteiger partial charge on any atom is -0.465 e. The molecule has 1 heterocycles. The Labute approximate surface area is 149 Å². The van der Waals surface area contributed by atoms with E-state index in [1.54, 1.807) is 18.2 Å². The van der Waals surface area contributed by atoms with E-state index < -0.39 is 17.7 Å². The normalized spacial score (nSPS) is 19.1. The molecule has 4 nitrogen and oxygen atoms in total. The number of methoxy groups -OCH3 is 1. The number of fused-ring (bicyclic) bond motifs is 1. The number of carbonyl (C=O) groups excluding carboxylic acids is 2. The fourth-order valence-corrected chi connectivity index (χ4v) is 3.55. The van der Waals surface area contributed by atoms with E-state index in [0.717, 1.165) is 6.07 Å². The maximum absolute atomic E-state index is 13.9. The van der Waals surface area contributed by atoms with Crippen LogP contribution in [-0.4, -0.2) is 24.9 Å². The Balaban J connectivity index is 2.20. The number of esters is 1. The van der Waals surface area contributed by atoms with Crippen LogP contribution in [0.25, 0.3) is 0 Å². The average molecular weight is 362 g/mol. The van der Waals surface area contributed by atoms with Crippen molar-refractivity contribution in [3.8, 4) is 0 Å². The SMILES string of the molecule is CCC1Nc2cc(F)cc(C(=O)OC)c2C(=O)C1c1ccccc1Cl. The number of ether oxygens (including phenoxy) is 1. The van der Waals surface area contributed by atoms with Crippen LogP contribution in [0.3, 0.4) is 0 Å². The van der Waals surface area contributed by atoms with Crippen LogP contribution >= 0.6 is 11.6 Å². The topological polar surface area (TPSA) is 55.4 Å². The van der Waals surface area contributed by atoms with Crippen molar-refractivity contribution in [2.24, 2.45) is 0 Å². The number of hydrogen-bond donors (Lipinski definition) is 1. The van der Waals surface area contributed by atoms with Crippen LogP contribution < -0.4 is 5.32 Å². The molecule has 1 aliphatic rings. The predicted molar refractivity (Wildman–Crippen MR) is 94.0 cm³/mol. The summed E-state index contributed by atoms with van der Waals surface area (Å²) in [5.41, 5.74) is 1.05. The second-order valence-corrected chi connectivity index (χ2v) is 6.30. The van der Waals surface area contributed by atoms with Crippen molar-refractivity contribution < 1.29 is 18.7 Å². The monoisotopic (exact) mass is 361 g/mol. The van der Waals surface area contributed by atoms with Crippen molar-refractivity contribution in [2.75, 3.05) is 12.4 Å². The van der Waals surface area contributed by atoms with E-state index in [4.69, 9.17) is 16.3 Å². The van der Waals surface area contributed by atoms with Gasteiger partial charge in [0.15, 0.2) is 5.78 Å². The molecular formula is C19H17ClFNO3. The molecule has 0 radical (unpaired) electrons. The maximum Gasteiger partial charge on any atom is 0.338 e. The summed E-state index contributed by atoms with van der Waals surface area (Å²) in [6.45, 7) is 1.93. The molecule has 6 heteroatoms. The third-order valence-electron chi connectivity index (χ3n) is 4.46. The minimum atomic E-state index is -0.751. The Bertz CT molecular complexity index is 853. The highest BCUT2D eigenvalue weighted by atomic mass is 35.5. The molecule has 0 saturated heterocycles.